The molecule has 0 bridgehead atoms. The molecule has 9 heteroatoms. The molecule has 0 N–H and O–H groups in total. The molecule has 0 fully saturated rings. The molecule has 47 heavy (non-hydrogen) atoms. The maximum Gasteiger partial charge on any atom is 0.231 e. The molecule has 4 nitrogen and oxygen atoms in total. The van der Waals surface area contributed by atoms with Crippen molar-refractivity contribution in [2.75, 3.05) is 13.6 Å². The molecular weight excluding hydrogens is 1030 g/mol. The molecule has 0 saturated heterocycles. The van der Waals surface area contributed by atoms with Gasteiger partial charge in [-0.2, -0.15) is 0 Å². The van der Waals surface area contributed by atoms with E-state index in [0.717, 1.165) is 34.1 Å². The summed E-state index contributed by atoms with van der Waals surface area (Å²) in [6.07, 6.45) is 0. The van der Waals surface area contributed by atoms with Gasteiger partial charge in [-0.15, -0.1) is 0 Å². The third kappa shape index (κ3) is 7.00. The summed E-state index contributed by atoms with van der Waals surface area (Å²) in [4.78, 5) is 0. The maximum atomic E-state index is 6.35. The van der Waals surface area contributed by atoms with Crippen molar-refractivity contribution in [3.05, 3.63) is 146 Å². The summed E-state index contributed by atoms with van der Waals surface area (Å²) >= 11 is 5.30. The van der Waals surface area contributed by atoms with Gasteiger partial charge in [0.25, 0.3) is 0 Å². The van der Waals surface area contributed by atoms with Gasteiger partial charge in [-0.1, -0.05) is 121 Å². The van der Waals surface area contributed by atoms with Gasteiger partial charge in [0.1, 0.15) is 0 Å². The van der Waals surface area contributed by atoms with Crippen LogP contribution in [-0.4, -0.2) is 13.6 Å². The second kappa shape index (κ2) is 15.8. The Bertz CT molecular complexity index is 1730. The molecule has 0 atom stereocenters. The van der Waals surface area contributed by atoms with E-state index in [4.69, 9.17) is 18.9 Å². The van der Waals surface area contributed by atoms with Crippen LogP contribution in [0.25, 0.3) is 11.1 Å². The van der Waals surface area contributed by atoms with Crippen LogP contribution in [0.1, 0.15) is 0 Å². The number of hydrogen-bond acceptors (Lipinski definition) is 4. The zero-order valence-corrected chi connectivity index (χ0v) is 33.2. The van der Waals surface area contributed by atoms with Crippen molar-refractivity contribution in [2.24, 2.45) is 0 Å². The molecule has 0 amide bonds. The minimum absolute atomic E-state index is 0.175. The summed E-state index contributed by atoms with van der Waals surface area (Å²) < 4.78 is 24.7. The van der Waals surface area contributed by atoms with Crippen LogP contribution in [-0.2, 0) is 11.2 Å². The van der Waals surface area contributed by atoms with Gasteiger partial charge in [0, 0.05) is 11.1 Å². The Labute approximate surface area is 306 Å². The van der Waals surface area contributed by atoms with Crippen molar-refractivity contribution in [2.45, 2.75) is 0 Å². The Hall–Kier alpha value is -2.47. The van der Waals surface area contributed by atoms with Crippen molar-refractivity contribution in [1.29, 1.82) is 0 Å². The molecule has 0 radical (unpaired) electrons. The minimum atomic E-state index is -0.968. The number of fused-ring (bicyclic) bond motifs is 2. The van der Waals surface area contributed by atoms with Crippen LogP contribution >= 0.6 is 54.5 Å². The molecule has 0 spiro atoms. The van der Waals surface area contributed by atoms with Crippen LogP contribution in [0.5, 0.6) is 23.0 Å². The van der Waals surface area contributed by atoms with Crippen LogP contribution in [0.4, 0.5) is 0 Å². The van der Waals surface area contributed by atoms with E-state index in [2.05, 4.69) is 184 Å². The Kier molecular flexibility index (Phi) is 11.1. The molecule has 2 aliphatic rings. The predicted molar refractivity (Wildman–Crippen MR) is 210 cm³/mol. The fraction of sp³-hybridized carbons (Fsp3) is 0.0526. The molecule has 6 aromatic rings. The van der Waals surface area contributed by atoms with E-state index in [0.29, 0.717) is 11.2 Å². The second-order valence-electron chi connectivity index (χ2n) is 10.4. The van der Waals surface area contributed by atoms with Gasteiger partial charge in [-0.05, 0) is 71.9 Å². The zero-order valence-electron chi connectivity index (χ0n) is 24.9. The Morgan fingerprint density at radius 2 is 0.702 bits per heavy atom. The summed E-state index contributed by atoms with van der Waals surface area (Å²) in [5.41, 5.74) is 2.02. The smallest absolute Gasteiger partial charge is 0.231 e. The van der Waals surface area contributed by atoms with E-state index < -0.39 is 15.8 Å². The van der Waals surface area contributed by atoms with Gasteiger partial charge < -0.3 is 18.9 Å². The maximum absolute atomic E-state index is 6.35. The minimum Gasteiger partial charge on any atom is -0.454 e. The monoisotopic (exact) mass is 1060 g/mol. The van der Waals surface area contributed by atoms with E-state index in [1.165, 1.54) is 31.8 Å². The molecule has 2 aliphatic heterocycles. The Balaban J connectivity index is 0.00000113. The standard InChI is InChI=1S/C38H28O4P2.2HI.Pt/c1-5-13-27(14-6-1)43(28-15-7-2-8-16-28)33-23-21-31-37(41-25-39-31)35(33)36-34(24-22-32-38(36)42-26-40-32)44(29-17-9-3-10-18-29)30-19-11-4-12-20-30;;;/h1-24H,25-26H2;2*1H;/q;;;+2/p-2. The van der Waals surface area contributed by atoms with E-state index in [9.17, 15) is 0 Å². The topological polar surface area (TPSA) is 36.9 Å². The molecule has 8 rings (SSSR count). The second-order valence-corrected chi connectivity index (χ2v) is 31.4. The number of ether oxygens (including phenoxy) is 4. The van der Waals surface area contributed by atoms with E-state index in [1.807, 2.05) is 0 Å². The Morgan fingerprint density at radius 1 is 0.404 bits per heavy atom. The summed E-state index contributed by atoms with van der Waals surface area (Å²) in [7, 11) is -1.94. The van der Waals surface area contributed by atoms with Crippen LogP contribution in [0.2, 0.25) is 0 Å². The largest absolute Gasteiger partial charge is 0.454 e. The third-order valence-electron chi connectivity index (χ3n) is 7.82. The van der Waals surface area contributed by atoms with Gasteiger partial charge in [0.05, 0.1) is 0 Å². The van der Waals surface area contributed by atoms with Crippen molar-refractivity contribution < 1.29 is 30.1 Å². The van der Waals surface area contributed by atoms with Crippen LogP contribution < -0.4 is 50.8 Å². The number of benzene rings is 6. The van der Waals surface area contributed by atoms with E-state index in [-0.39, 0.29) is 13.6 Å². The first-order valence-corrected chi connectivity index (χ1v) is 30.3. The number of hydrogen-bond donors (Lipinski definition) is 0. The van der Waals surface area contributed by atoms with E-state index in [1.54, 1.807) is 0 Å². The zero-order chi connectivity index (χ0) is 32.0. The van der Waals surface area contributed by atoms with Gasteiger partial charge in [0.2, 0.25) is 13.6 Å². The van der Waals surface area contributed by atoms with Crippen LogP contribution in [0.3, 0.4) is 0 Å². The van der Waals surface area contributed by atoms with Gasteiger partial charge in [0.15, 0.2) is 23.0 Å². The van der Waals surface area contributed by atoms with Gasteiger partial charge >= 0.3 is 49.9 Å². The molecule has 0 aromatic heterocycles. The number of halogens is 2. The number of rotatable bonds is 7. The molecular formula is C38H28I2O4P2Pt. The fourth-order valence-corrected chi connectivity index (χ4v) is 10.9. The van der Waals surface area contributed by atoms with Crippen molar-refractivity contribution in [3.8, 4) is 34.1 Å². The fourth-order valence-electron chi connectivity index (χ4n) is 5.94. The van der Waals surface area contributed by atoms with Crippen molar-refractivity contribution in [3.63, 3.8) is 0 Å². The normalized spacial score (nSPS) is 12.7. The average Bonchev–Trinajstić information content (AvgIpc) is 3.81. The average molecular weight is 1060 g/mol. The van der Waals surface area contributed by atoms with Gasteiger partial charge in [-0.3, -0.25) is 0 Å². The molecule has 0 aliphatic carbocycles. The summed E-state index contributed by atoms with van der Waals surface area (Å²) in [6.45, 7) is 0.350. The molecule has 6 aromatic carbocycles. The quantitative estimate of drug-likeness (QED) is 0.120. The van der Waals surface area contributed by atoms with Crippen LogP contribution in [0.15, 0.2) is 146 Å². The SMILES string of the molecule is [I][Pt][I].c1ccc(P(c2ccccc2)c2ccc3c(c2-c2c(P(c4ccccc4)c4ccccc4)ccc4c2OCO4)OCO3)cc1. The van der Waals surface area contributed by atoms with Gasteiger partial charge in [-0.25, -0.2) is 0 Å². The summed E-state index contributed by atoms with van der Waals surface area (Å²) in [5.74, 6) is 2.99. The van der Waals surface area contributed by atoms with Crippen molar-refractivity contribution >= 4 is 86.4 Å². The molecule has 238 valence electrons. The first-order valence-electron chi connectivity index (χ1n) is 14.8. The third-order valence-corrected chi connectivity index (χ3v) is 12.8. The van der Waals surface area contributed by atoms with Crippen LogP contribution in [0, 0.1) is 0 Å². The predicted octanol–water partition coefficient (Wildman–Crippen LogP) is 8.10. The molecule has 2 heterocycles. The first kappa shape index (κ1) is 33.0. The first-order chi connectivity index (χ1) is 23.3. The summed E-state index contributed by atoms with van der Waals surface area (Å²) in [6, 6.07) is 51.6. The van der Waals surface area contributed by atoms with Crippen molar-refractivity contribution in [1.82, 2.24) is 0 Å². The summed E-state index contributed by atoms with van der Waals surface area (Å²) in [5, 5.41) is 7.40. The molecule has 0 saturated carbocycles. The van der Waals surface area contributed by atoms with E-state index >= 15 is 0 Å². The Morgan fingerprint density at radius 3 is 1.00 bits per heavy atom. The molecule has 0 unspecified atom stereocenters.